The van der Waals surface area contributed by atoms with Crippen LogP contribution in [0.3, 0.4) is 0 Å². The first-order chi connectivity index (χ1) is 10.9. The molecule has 1 saturated carbocycles. The van der Waals surface area contributed by atoms with Gasteiger partial charge >= 0.3 is 0 Å². The van der Waals surface area contributed by atoms with Crippen molar-refractivity contribution >= 4 is 15.5 Å². The molecule has 2 aromatic rings. The summed E-state index contributed by atoms with van der Waals surface area (Å²) in [6.45, 7) is 0.466. The Hall–Kier alpha value is -1.67. The number of aromatic nitrogens is 3. The molecule has 1 aliphatic rings. The molecule has 0 bridgehead atoms. The van der Waals surface area contributed by atoms with Crippen molar-refractivity contribution in [2.45, 2.75) is 43.5 Å². The first-order valence-electron chi connectivity index (χ1n) is 7.81. The van der Waals surface area contributed by atoms with E-state index in [1.165, 1.54) is 16.8 Å². The number of rotatable bonds is 4. The summed E-state index contributed by atoms with van der Waals surface area (Å²) in [7, 11) is -1.17. The largest absolute Gasteiger partial charge is 0.297 e. The first kappa shape index (κ1) is 16.2. The fourth-order valence-corrected chi connectivity index (χ4v) is 5.02. The van der Waals surface area contributed by atoms with E-state index in [1.807, 2.05) is 11.9 Å². The van der Waals surface area contributed by atoms with E-state index in [2.05, 4.69) is 10.1 Å². The predicted octanol–water partition coefficient (Wildman–Crippen LogP) is 0.810. The molecule has 1 N–H and O–H groups in total. The van der Waals surface area contributed by atoms with Crippen molar-refractivity contribution in [1.82, 2.24) is 19.5 Å². The Bertz CT molecular complexity index is 855. The molecule has 0 radical (unpaired) electrons. The molecule has 1 fully saturated rings. The molecule has 0 saturated heterocycles. The third-order valence-electron chi connectivity index (χ3n) is 4.63. The SMILES string of the molecule is CN(Cc1cc(=O)n2[nH]ccc2n1)[C@@H]1CCCC[C@@H]1S(C)(=O)=O. The van der Waals surface area contributed by atoms with Crippen LogP contribution in [-0.2, 0) is 16.4 Å². The van der Waals surface area contributed by atoms with Crippen molar-refractivity contribution in [1.29, 1.82) is 0 Å². The van der Waals surface area contributed by atoms with Gasteiger partial charge in [0.2, 0.25) is 0 Å². The van der Waals surface area contributed by atoms with E-state index in [9.17, 15) is 13.2 Å². The van der Waals surface area contributed by atoms with Gasteiger partial charge in [-0.2, -0.15) is 0 Å². The lowest BCUT2D eigenvalue weighted by molar-refractivity contribution is 0.185. The van der Waals surface area contributed by atoms with Crippen molar-refractivity contribution in [3.63, 3.8) is 0 Å². The Kier molecular flexibility index (Phi) is 4.29. The molecular weight excluding hydrogens is 316 g/mol. The van der Waals surface area contributed by atoms with E-state index in [1.54, 1.807) is 12.3 Å². The van der Waals surface area contributed by atoms with Gasteiger partial charge in [0.1, 0.15) is 0 Å². The van der Waals surface area contributed by atoms with Crippen molar-refractivity contribution < 1.29 is 8.42 Å². The number of nitrogens with one attached hydrogen (secondary N) is 1. The van der Waals surface area contributed by atoms with Crippen LogP contribution in [-0.4, -0.2) is 52.5 Å². The zero-order valence-electron chi connectivity index (χ0n) is 13.4. The summed E-state index contributed by atoms with van der Waals surface area (Å²) < 4.78 is 25.5. The highest BCUT2D eigenvalue weighted by Gasteiger charge is 2.35. The van der Waals surface area contributed by atoms with Crippen LogP contribution in [0.4, 0.5) is 0 Å². The lowest BCUT2D eigenvalue weighted by Gasteiger charge is -2.36. The highest BCUT2D eigenvalue weighted by atomic mass is 32.2. The van der Waals surface area contributed by atoms with Gasteiger partial charge in [0.25, 0.3) is 5.56 Å². The number of fused-ring (bicyclic) bond motifs is 1. The molecule has 2 atom stereocenters. The Morgan fingerprint density at radius 3 is 2.87 bits per heavy atom. The molecule has 2 aromatic heterocycles. The number of aromatic amines is 1. The van der Waals surface area contributed by atoms with Crippen LogP contribution in [0, 0.1) is 0 Å². The highest BCUT2D eigenvalue weighted by Crippen LogP contribution is 2.28. The molecule has 0 amide bonds. The zero-order chi connectivity index (χ0) is 16.6. The normalized spacial score (nSPS) is 22.7. The number of hydrogen-bond acceptors (Lipinski definition) is 5. The molecular formula is C15H22N4O3S. The monoisotopic (exact) mass is 338 g/mol. The average Bonchev–Trinajstić information content (AvgIpc) is 2.95. The third kappa shape index (κ3) is 3.32. The van der Waals surface area contributed by atoms with Crippen LogP contribution in [0.2, 0.25) is 0 Å². The minimum atomic E-state index is -3.08. The van der Waals surface area contributed by atoms with Crippen molar-refractivity contribution in [3.8, 4) is 0 Å². The quantitative estimate of drug-likeness (QED) is 0.891. The van der Waals surface area contributed by atoms with Gasteiger partial charge in [-0.05, 0) is 19.9 Å². The fraction of sp³-hybridized carbons (Fsp3) is 0.600. The van der Waals surface area contributed by atoms with Gasteiger partial charge in [0, 0.05) is 37.2 Å². The lowest BCUT2D eigenvalue weighted by Crippen LogP contribution is -2.46. The number of H-pyrrole nitrogens is 1. The predicted molar refractivity (Wildman–Crippen MR) is 88.2 cm³/mol. The molecule has 2 heterocycles. The van der Waals surface area contributed by atoms with E-state index < -0.39 is 9.84 Å². The number of nitrogens with zero attached hydrogens (tertiary/aromatic N) is 3. The molecule has 126 valence electrons. The van der Waals surface area contributed by atoms with E-state index in [0.717, 1.165) is 19.3 Å². The summed E-state index contributed by atoms with van der Waals surface area (Å²) >= 11 is 0. The van der Waals surface area contributed by atoms with Crippen LogP contribution in [0.1, 0.15) is 31.4 Å². The Morgan fingerprint density at radius 1 is 1.39 bits per heavy atom. The van der Waals surface area contributed by atoms with Crippen molar-refractivity contribution in [3.05, 3.63) is 34.4 Å². The molecule has 0 aliphatic heterocycles. The van der Waals surface area contributed by atoms with Crippen LogP contribution in [0.25, 0.3) is 5.65 Å². The minimum absolute atomic E-state index is 0.0229. The lowest BCUT2D eigenvalue weighted by atomic mass is 9.94. The number of sulfone groups is 1. The van der Waals surface area contributed by atoms with Gasteiger partial charge in [0.15, 0.2) is 15.5 Å². The summed E-state index contributed by atoms with van der Waals surface area (Å²) in [5.74, 6) is 0. The summed E-state index contributed by atoms with van der Waals surface area (Å²) in [6, 6.07) is 3.22. The summed E-state index contributed by atoms with van der Waals surface area (Å²) in [5.41, 5.74) is 1.07. The van der Waals surface area contributed by atoms with Gasteiger partial charge in [-0.25, -0.2) is 17.9 Å². The van der Waals surface area contributed by atoms with Crippen LogP contribution >= 0.6 is 0 Å². The average molecular weight is 338 g/mol. The highest BCUT2D eigenvalue weighted by molar-refractivity contribution is 7.91. The van der Waals surface area contributed by atoms with E-state index in [-0.39, 0.29) is 16.9 Å². The van der Waals surface area contributed by atoms with Gasteiger partial charge in [-0.3, -0.25) is 14.8 Å². The zero-order valence-corrected chi connectivity index (χ0v) is 14.2. The molecule has 1 aliphatic carbocycles. The van der Waals surface area contributed by atoms with Crippen molar-refractivity contribution in [2.24, 2.45) is 0 Å². The molecule has 23 heavy (non-hydrogen) atoms. The van der Waals surface area contributed by atoms with Gasteiger partial charge in [-0.15, -0.1) is 0 Å². The van der Waals surface area contributed by atoms with Crippen LogP contribution in [0.15, 0.2) is 23.1 Å². The molecule has 7 nitrogen and oxygen atoms in total. The third-order valence-corrected chi connectivity index (χ3v) is 6.28. The Balaban J connectivity index is 1.84. The van der Waals surface area contributed by atoms with Crippen LogP contribution < -0.4 is 5.56 Å². The van der Waals surface area contributed by atoms with Crippen LogP contribution in [0.5, 0.6) is 0 Å². The van der Waals surface area contributed by atoms with Gasteiger partial charge in [-0.1, -0.05) is 12.8 Å². The first-order valence-corrected chi connectivity index (χ1v) is 9.77. The maximum absolute atomic E-state index is 12.0. The Morgan fingerprint density at radius 2 is 2.13 bits per heavy atom. The second-order valence-electron chi connectivity index (χ2n) is 6.38. The van der Waals surface area contributed by atoms with E-state index in [0.29, 0.717) is 24.3 Å². The topological polar surface area (TPSA) is 87.5 Å². The minimum Gasteiger partial charge on any atom is -0.297 e. The second-order valence-corrected chi connectivity index (χ2v) is 8.64. The second kappa shape index (κ2) is 6.09. The number of hydrogen-bond donors (Lipinski definition) is 1. The maximum Gasteiger partial charge on any atom is 0.272 e. The molecule has 3 rings (SSSR count). The maximum atomic E-state index is 12.0. The standard InChI is InChI=1S/C15H22N4O3S/c1-18(12-5-3-4-6-13(12)23(2,21)22)10-11-9-15(20)19-14(17-11)7-8-16-19/h7-9,12-13,16H,3-6,10H2,1-2H3/t12-,13+/m1/s1. The molecule has 0 aromatic carbocycles. The van der Waals surface area contributed by atoms with Crippen molar-refractivity contribution in [2.75, 3.05) is 13.3 Å². The summed E-state index contributed by atoms with van der Waals surface area (Å²) in [4.78, 5) is 18.5. The van der Waals surface area contributed by atoms with Gasteiger partial charge < -0.3 is 0 Å². The molecule has 8 heteroatoms. The van der Waals surface area contributed by atoms with E-state index in [4.69, 9.17) is 0 Å². The van der Waals surface area contributed by atoms with Gasteiger partial charge in [0.05, 0.1) is 10.9 Å². The Labute approximate surface area is 135 Å². The smallest absolute Gasteiger partial charge is 0.272 e. The van der Waals surface area contributed by atoms with E-state index >= 15 is 0 Å². The molecule has 0 unspecified atom stereocenters. The summed E-state index contributed by atoms with van der Waals surface area (Å²) in [5, 5.41) is 2.47. The summed E-state index contributed by atoms with van der Waals surface area (Å²) in [6.07, 6.45) is 6.55. The molecule has 0 spiro atoms. The fourth-order valence-electron chi connectivity index (χ4n) is 3.51.